The molecule has 28 heavy (non-hydrogen) atoms. The number of likely N-dealkylation sites (N-methyl/N-ethyl adjacent to an activating group) is 1. The zero-order valence-electron chi connectivity index (χ0n) is 16.3. The van der Waals surface area contributed by atoms with Crippen molar-refractivity contribution in [3.63, 3.8) is 0 Å². The second-order valence-electron chi connectivity index (χ2n) is 6.42. The van der Waals surface area contributed by atoms with E-state index in [4.69, 9.17) is 9.47 Å². The van der Waals surface area contributed by atoms with Crippen LogP contribution in [0.15, 0.2) is 60.9 Å². The molecule has 0 unspecified atom stereocenters. The minimum atomic E-state index is -0.124. The molecule has 1 N–H and O–H groups in total. The predicted molar refractivity (Wildman–Crippen MR) is 108 cm³/mol. The maximum Gasteiger partial charge on any atom is 0.238 e. The maximum atomic E-state index is 12.4. The van der Waals surface area contributed by atoms with Crippen molar-refractivity contribution in [2.24, 2.45) is 0 Å². The minimum Gasteiger partial charge on any atom is -0.497 e. The Balaban J connectivity index is 1.57. The van der Waals surface area contributed by atoms with E-state index in [-0.39, 0.29) is 12.5 Å². The molecule has 0 spiro atoms. The lowest BCUT2D eigenvalue weighted by atomic mass is 10.2. The summed E-state index contributed by atoms with van der Waals surface area (Å²) in [4.78, 5) is 14.3. The van der Waals surface area contributed by atoms with Crippen LogP contribution < -0.4 is 14.8 Å². The average molecular weight is 380 g/mol. The number of nitrogens with zero attached hydrogens (tertiary/aromatic N) is 3. The number of anilines is 1. The van der Waals surface area contributed by atoms with E-state index < -0.39 is 0 Å². The van der Waals surface area contributed by atoms with E-state index in [1.807, 2.05) is 59.4 Å². The normalized spacial score (nSPS) is 10.7. The van der Waals surface area contributed by atoms with Crippen LogP contribution in [0.5, 0.6) is 11.5 Å². The van der Waals surface area contributed by atoms with Crippen LogP contribution in [0, 0.1) is 0 Å². The molecule has 0 aliphatic carbocycles. The van der Waals surface area contributed by atoms with Crippen molar-refractivity contribution in [2.45, 2.75) is 6.54 Å². The molecule has 0 saturated carbocycles. The quantitative estimate of drug-likeness (QED) is 0.651. The first-order valence-corrected chi connectivity index (χ1v) is 8.88. The smallest absolute Gasteiger partial charge is 0.238 e. The summed E-state index contributed by atoms with van der Waals surface area (Å²) in [6.45, 7) is 0.853. The molecule has 0 radical (unpaired) electrons. The number of para-hydroxylation sites is 1. The van der Waals surface area contributed by atoms with Crippen LogP contribution in [-0.4, -0.2) is 48.4 Å². The predicted octanol–water partition coefficient (Wildman–Crippen LogP) is 2.96. The van der Waals surface area contributed by atoms with Crippen molar-refractivity contribution < 1.29 is 14.3 Å². The lowest BCUT2D eigenvalue weighted by molar-refractivity contribution is -0.117. The van der Waals surface area contributed by atoms with Gasteiger partial charge in [0.2, 0.25) is 5.91 Å². The van der Waals surface area contributed by atoms with Gasteiger partial charge in [0.05, 0.1) is 38.3 Å². The van der Waals surface area contributed by atoms with Gasteiger partial charge in [-0.1, -0.05) is 18.2 Å². The number of hydrogen-bond donors (Lipinski definition) is 1. The monoisotopic (exact) mass is 380 g/mol. The van der Waals surface area contributed by atoms with E-state index in [1.165, 1.54) is 0 Å². The van der Waals surface area contributed by atoms with Gasteiger partial charge in [-0.25, -0.2) is 4.68 Å². The highest BCUT2D eigenvalue weighted by Gasteiger charge is 2.12. The first-order chi connectivity index (χ1) is 13.6. The van der Waals surface area contributed by atoms with Crippen LogP contribution in [0.25, 0.3) is 5.69 Å². The zero-order valence-corrected chi connectivity index (χ0v) is 16.3. The second-order valence-corrected chi connectivity index (χ2v) is 6.42. The summed E-state index contributed by atoms with van der Waals surface area (Å²) in [5.74, 6) is 1.10. The number of carbonyl (C=O) groups is 1. The fourth-order valence-corrected chi connectivity index (χ4v) is 2.87. The van der Waals surface area contributed by atoms with Crippen LogP contribution in [0.3, 0.4) is 0 Å². The molecule has 0 saturated heterocycles. The van der Waals surface area contributed by atoms with Crippen LogP contribution >= 0.6 is 0 Å². The van der Waals surface area contributed by atoms with Crippen LogP contribution in [0.4, 0.5) is 5.69 Å². The Bertz CT molecular complexity index is 924. The van der Waals surface area contributed by atoms with Gasteiger partial charge >= 0.3 is 0 Å². The third-order valence-electron chi connectivity index (χ3n) is 4.21. The number of carbonyl (C=O) groups excluding carboxylic acids is 1. The third kappa shape index (κ3) is 4.89. The van der Waals surface area contributed by atoms with Gasteiger partial charge in [-0.2, -0.15) is 5.10 Å². The van der Waals surface area contributed by atoms with Gasteiger partial charge in [-0.05, 0) is 31.3 Å². The molecule has 1 heterocycles. The molecule has 2 aromatic carbocycles. The molecule has 0 aliphatic rings. The van der Waals surface area contributed by atoms with Gasteiger partial charge in [-0.3, -0.25) is 9.69 Å². The molecule has 3 rings (SSSR count). The number of rotatable bonds is 8. The SMILES string of the molecule is COc1ccc(NC(=O)CN(C)Cc2cnn(-c3ccccc3)c2)c(OC)c1. The summed E-state index contributed by atoms with van der Waals surface area (Å²) in [7, 11) is 5.04. The minimum absolute atomic E-state index is 0.124. The van der Waals surface area contributed by atoms with Gasteiger partial charge in [-0.15, -0.1) is 0 Å². The number of hydrogen-bond acceptors (Lipinski definition) is 5. The largest absolute Gasteiger partial charge is 0.497 e. The molecule has 7 nitrogen and oxygen atoms in total. The number of methoxy groups -OCH3 is 2. The Hall–Kier alpha value is -3.32. The fraction of sp³-hybridized carbons (Fsp3) is 0.238. The standard InChI is InChI=1S/C21H24N4O3/c1-24(13-16-12-22-25(14-16)17-7-5-4-6-8-17)15-21(26)23-19-10-9-18(27-2)11-20(19)28-3/h4-12,14H,13,15H2,1-3H3,(H,23,26). The van der Waals surface area contributed by atoms with E-state index in [2.05, 4.69) is 10.4 Å². The summed E-state index contributed by atoms with van der Waals surface area (Å²) in [6.07, 6.45) is 3.78. The topological polar surface area (TPSA) is 68.6 Å². The maximum absolute atomic E-state index is 12.4. The molecular weight excluding hydrogens is 356 g/mol. The van der Waals surface area contributed by atoms with E-state index in [0.717, 1.165) is 11.3 Å². The Kier molecular flexibility index (Phi) is 6.29. The molecule has 0 aliphatic heterocycles. The molecule has 0 bridgehead atoms. The zero-order chi connectivity index (χ0) is 19.9. The molecule has 1 aromatic heterocycles. The number of aromatic nitrogens is 2. The van der Waals surface area contributed by atoms with Gasteiger partial charge < -0.3 is 14.8 Å². The van der Waals surface area contributed by atoms with Crippen LogP contribution in [-0.2, 0) is 11.3 Å². The van der Waals surface area contributed by atoms with E-state index in [1.54, 1.807) is 32.4 Å². The van der Waals surface area contributed by atoms with Crippen LogP contribution in [0.2, 0.25) is 0 Å². The summed E-state index contributed by atoms with van der Waals surface area (Å²) in [6, 6.07) is 15.2. The van der Waals surface area contributed by atoms with Gasteiger partial charge in [0.15, 0.2) is 0 Å². The van der Waals surface area contributed by atoms with Crippen molar-refractivity contribution in [1.82, 2.24) is 14.7 Å². The highest BCUT2D eigenvalue weighted by molar-refractivity contribution is 5.93. The van der Waals surface area contributed by atoms with E-state index in [9.17, 15) is 4.79 Å². The molecule has 7 heteroatoms. The van der Waals surface area contributed by atoms with E-state index in [0.29, 0.717) is 23.7 Å². The number of ether oxygens (including phenoxy) is 2. The fourth-order valence-electron chi connectivity index (χ4n) is 2.87. The Morgan fingerprint density at radius 2 is 1.93 bits per heavy atom. The van der Waals surface area contributed by atoms with Crippen molar-refractivity contribution in [2.75, 3.05) is 33.1 Å². The van der Waals surface area contributed by atoms with Crippen molar-refractivity contribution in [1.29, 1.82) is 0 Å². The molecular formula is C21H24N4O3. The van der Waals surface area contributed by atoms with E-state index >= 15 is 0 Å². The molecule has 1 amide bonds. The first-order valence-electron chi connectivity index (χ1n) is 8.88. The summed E-state index contributed by atoms with van der Waals surface area (Å²) >= 11 is 0. The molecule has 0 fully saturated rings. The molecule has 3 aromatic rings. The lowest BCUT2D eigenvalue weighted by Crippen LogP contribution is -2.29. The van der Waals surface area contributed by atoms with Gasteiger partial charge in [0.25, 0.3) is 0 Å². The van der Waals surface area contributed by atoms with Crippen molar-refractivity contribution in [3.05, 3.63) is 66.5 Å². The third-order valence-corrected chi connectivity index (χ3v) is 4.21. The van der Waals surface area contributed by atoms with Crippen molar-refractivity contribution >= 4 is 11.6 Å². The lowest BCUT2D eigenvalue weighted by Gasteiger charge is -2.16. The van der Waals surface area contributed by atoms with Gasteiger partial charge in [0.1, 0.15) is 11.5 Å². The summed E-state index contributed by atoms with van der Waals surface area (Å²) < 4.78 is 12.3. The number of nitrogens with one attached hydrogen (secondary N) is 1. The Morgan fingerprint density at radius 1 is 1.14 bits per heavy atom. The van der Waals surface area contributed by atoms with Gasteiger partial charge in [0, 0.05) is 24.4 Å². The highest BCUT2D eigenvalue weighted by Crippen LogP contribution is 2.28. The summed E-state index contributed by atoms with van der Waals surface area (Å²) in [5, 5.41) is 7.26. The first kappa shape index (κ1) is 19.4. The van der Waals surface area contributed by atoms with Crippen LogP contribution in [0.1, 0.15) is 5.56 Å². The molecule has 146 valence electrons. The number of benzene rings is 2. The Morgan fingerprint density at radius 3 is 2.64 bits per heavy atom. The second kappa shape index (κ2) is 9.05. The highest BCUT2D eigenvalue weighted by atomic mass is 16.5. The number of amides is 1. The molecule has 0 atom stereocenters. The Labute approximate surface area is 164 Å². The van der Waals surface area contributed by atoms with Crippen molar-refractivity contribution in [3.8, 4) is 17.2 Å². The average Bonchev–Trinajstić information content (AvgIpc) is 3.17. The summed E-state index contributed by atoms with van der Waals surface area (Å²) in [5.41, 5.74) is 2.64.